The fourth-order valence-electron chi connectivity index (χ4n) is 1.29. The van der Waals surface area contributed by atoms with Crippen LogP contribution in [0.3, 0.4) is 0 Å². The zero-order valence-corrected chi connectivity index (χ0v) is 8.75. The van der Waals surface area contributed by atoms with E-state index in [0.29, 0.717) is 16.4 Å². The van der Waals surface area contributed by atoms with Crippen molar-refractivity contribution in [2.75, 3.05) is 0 Å². The van der Waals surface area contributed by atoms with Crippen LogP contribution in [-0.2, 0) is 0 Å². The van der Waals surface area contributed by atoms with Crippen LogP contribution >= 0.6 is 11.6 Å². The van der Waals surface area contributed by atoms with E-state index >= 15 is 0 Å². The average Bonchev–Trinajstić information content (AvgIpc) is 2.67. The van der Waals surface area contributed by atoms with Gasteiger partial charge in [0, 0.05) is 17.5 Å². The van der Waals surface area contributed by atoms with E-state index in [9.17, 15) is 4.79 Å². The Morgan fingerprint density at radius 3 is 2.53 bits per heavy atom. The monoisotopic (exact) mass is 221 g/mol. The summed E-state index contributed by atoms with van der Waals surface area (Å²) in [4.78, 5) is 11.2. The van der Waals surface area contributed by atoms with E-state index in [2.05, 4.69) is 15.4 Å². The van der Waals surface area contributed by atoms with Crippen LogP contribution in [0.2, 0.25) is 5.02 Å². The van der Waals surface area contributed by atoms with Crippen LogP contribution in [0.15, 0.2) is 24.3 Å². The van der Waals surface area contributed by atoms with Gasteiger partial charge in [0.1, 0.15) is 5.69 Å². The zero-order valence-electron chi connectivity index (χ0n) is 7.99. The van der Waals surface area contributed by atoms with Crippen LogP contribution in [0.4, 0.5) is 0 Å². The second-order valence-electron chi connectivity index (χ2n) is 3.08. The van der Waals surface area contributed by atoms with Gasteiger partial charge in [-0.05, 0) is 12.1 Å². The normalized spacial score (nSPS) is 10.3. The molecule has 1 heterocycles. The van der Waals surface area contributed by atoms with Crippen LogP contribution < -0.4 is 0 Å². The molecular formula is C10H8ClN3O. The molecule has 15 heavy (non-hydrogen) atoms. The molecule has 0 saturated heterocycles. The number of hydrogen-bond donors (Lipinski definition) is 1. The SMILES string of the molecule is CC(=O)c1n[nH]nc1-c1ccc(Cl)cc1. The second-order valence-corrected chi connectivity index (χ2v) is 3.52. The molecule has 4 nitrogen and oxygen atoms in total. The lowest BCUT2D eigenvalue weighted by atomic mass is 10.1. The predicted octanol–water partition coefficient (Wildman–Crippen LogP) is 2.33. The number of aromatic nitrogens is 3. The number of hydrogen-bond acceptors (Lipinski definition) is 3. The molecule has 76 valence electrons. The minimum absolute atomic E-state index is 0.117. The molecule has 0 fully saturated rings. The summed E-state index contributed by atoms with van der Waals surface area (Å²) >= 11 is 5.76. The number of carbonyl (C=O) groups is 1. The molecule has 0 bridgehead atoms. The Hall–Kier alpha value is -1.68. The van der Waals surface area contributed by atoms with Gasteiger partial charge in [0.15, 0.2) is 11.5 Å². The van der Waals surface area contributed by atoms with E-state index in [0.717, 1.165) is 5.56 Å². The number of rotatable bonds is 2. The Morgan fingerprint density at radius 1 is 1.27 bits per heavy atom. The summed E-state index contributed by atoms with van der Waals surface area (Å²) in [6.45, 7) is 1.46. The molecule has 0 aliphatic carbocycles. The number of H-pyrrole nitrogens is 1. The maximum absolute atomic E-state index is 11.2. The van der Waals surface area contributed by atoms with Crippen molar-refractivity contribution in [2.24, 2.45) is 0 Å². The number of ketones is 1. The third-order valence-electron chi connectivity index (χ3n) is 2.00. The highest BCUT2D eigenvalue weighted by atomic mass is 35.5. The molecule has 0 aliphatic heterocycles. The van der Waals surface area contributed by atoms with Crippen molar-refractivity contribution in [1.82, 2.24) is 15.4 Å². The maximum atomic E-state index is 11.2. The number of Topliss-reactive ketones (excluding diaryl/α,β-unsaturated/α-hetero) is 1. The van der Waals surface area contributed by atoms with E-state index in [4.69, 9.17) is 11.6 Å². The molecule has 1 N–H and O–H groups in total. The molecular weight excluding hydrogens is 214 g/mol. The van der Waals surface area contributed by atoms with Crippen LogP contribution in [0.1, 0.15) is 17.4 Å². The molecule has 2 aromatic rings. The Labute approximate surface area is 91.3 Å². The first-order valence-electron chi connectivity index (χ1n) is 4.36. The molecule has 1 aromatic heterocycles. The molecule has 0 atom stereocenters. The topological polar surface area (TPSA) is 58.6 Å². The number of halogens is 1. The smallest absolute Gasteiger partial charge is 0.182 e. The van der Waals surface area contributed by atoms with Crippen molar-refractivity contribution in [3.05, 3.63) is 35.0 Å². The van der Waals surface area contributed by atoms with Gasteiger partial charge in [0.2, 0.25) is 0 Å². The lowest BCUT2D eigenvalue weighted by Gasteiger charge is -1.97. The summed E-state index contributed by atoms with van der Waals surface area (Å²) in [6, 6.07) is 7.09. The Bertz CT molecular complexity index is 490. The quantitative estimate of drug-likeness (QED) is 0.792. The van der Waals surface area contributed by atoms with Crippen LogP contribution in [0.25, 0.3) is 11.3 Å². The maximum Gasteiger partial charge on any atom is 0.182 e. The van der Waals surface area contributed by atoms with Crippen molar-refractivity contribution in [3.63, 3.8) is 0 Å². The lowest BCUT2D eigenvalue weighted by Crippen LogP contribution is -1.95. The van der Waals surface area contributed by atoms with Gasteiger partial charge in [-0.25, -0.2) is 0 Å². The van der Waals surface area contributed by atoms with E-state index in [1.54, 1.807) is 24.3 Å². The average molecular weight is 222 g/mol. The molecule has 1 aromatic carbocycles. The number of nitrogens with one attached hydrogen (secondary N) is 1. The van der Waals surface area contributed by atoms with Crippen molar-refractivity contribution in [3.8, 4) is 11.3 Å². The van der Waals surface area contributed by atoms with Crippen LogP contribution in [-0.4, -0.2) is 21.2 Å². The van der Waals surface area contributed by atoms with Gasteiger partial charge in [-0.3, -0.25) is 4.79 Å². The summed E-state index contributed by atoms with van der Waals surface area (Å²) in [7, 11) is 0. The third-order valence-corrected chi connectivity index (χ3v) is 2.25. The van der Waals surface area contributed by atoms with Crippen LogP contribution in [0.5, 0.6) is 0 Å². The van der Waals surface area contributed by atoms with Crippen molar-refractivity contribution in [2.45, 2.75) is 6.92 Å². The molecule has 0 unspecified atom stereocenters. The summed E-state index contributed by atoms with van der Waals surface area (Å²) in [5, 5.41) is 10.8. The van der Waals surface area contributed by atoms with Gasteiger partial charge >= 0.3 is 0 Å². The highest BCUT2D eigenvalue weighted by molar-refractivity contribution is 6.30. The van der Waals surface area contributed by atoms with Gasteiger partial charge in [-0.15, -0.1) is 0 Å². The van der Waals surface area contributed by atoms with Crippen LogP contribution in [0, 0.1) is 0 Å². The highest BCUT2D eigenvalue weighted by Gasteiger charge is 2.13. The summed E-state index contributed by atoms with van der Waals surface area (Å²) in [5.41, 5.74) is 1.72. The number of benzene rings is 1. The molecule has 0 spiro atoms. The van der Waals surface area contributed by atoms with Crippen molar-refractivity contribution >= 4 is 17.4 Å². The Morgan fingerprint density at radius 2 is 1.93 bits per heavy atom. The Kier molecular flexibility index (Phi) is 2.51. The largest absolute Gasteiger partial charge is 0.293 e. The molecule has 0 aliphatic rings. The second kappa shape index (κ2) is 3.82. The standard InChI is InChI=1S/C10H8ClN3O/c1-6(15)9-10(13-14-12-9)7-2-4-8(11)5-3-7/h2-5H,1H3,(H,12,13,14). The Balaban J connectivity index is 2.49. The minimum atomic E-state index is -0.117. The molecule has 5 heteroatoms. The molecule has 0 saturated carbocycles. The third kappa shape index (κ3) is 1.89. The van der Waals surface area contributed by atoms with Crippen molar-refractivity contribution < 1.29 is 4.79 Å². The van der Waals surface area contributed by atoms with Gasteiger partial charge in [-0.2, -0.15) is 15.4 Å². The minimum Gasteiger partial charge on any atom is -0.293 e. The summed E-state index contributed by atoms with van der Waals surface area (Å²) in [5.74, 6) is -0.117. The molecule has 0 radical (unpaired) electrons. The van der Waals surface area contributed by atoms with E-state index in [1.165, 1.54) is 6.92 Å². The molecule has 2 rings (SSSR count). The lowest BCUT2D eigenvalue weighted by molar-refractivity contribution is 0.101. The van der Waals surface area contributed by atoms with E-state index in [-0.39, 0.29) is 5.78 Å². The van der Waals surface area contributed by atoms with Gasteiger partial charge in [0.25, 0.3) is 0 Å². The number of aromatic amines is 1. The molecule has 0 amide bonds. The van der Waals surface area contributed by atoms with Crippen molar-refractivity contribution in [1.29, 1.82) is 0 Å². The fourth-order valence-corrected chi connectivity index (χ4v) is 1.41. The van der Waals surface area contributed by atoms with Gasteiger partial charge < -0.3 is 0 Å². The first-order chi connectivity index (χ1) is 7.18. The summed E-state index contributed by atoms with van der Waals surface area (Å²) in [6.07, 6.45) is 0. The van der Waals surface area contributed by atoms with Gasteiger partial charge in [0.05, 0.1) is 0 Å². The van der Waals surface area contributed by atoms with Gasteiger partial charge in [-0.1, -0.05) is 23.7 Å². The number of carbonyl (C=O) groups excluding carboxylic acids is 1. The van der Waals surface area contributed by atoms with E-state index in [1.807, 2.05) is 0 Å². The highest BCUT2D eigenvalue weighted by Crippen LogP contribution is 2.21. The number of nitrogens with zero attached hydrogens (tertiary/aromatic N) is 2. The first-order valence-corrected chi connectivity index (χ1v) is 4.74. The zero-order chi connectivity index (χ0) is 10.8. The fraction of sp³-hybridized carbons (Fsp3) is 0.100. The van der Waals surface area contributed by atoms with E-state index < -0.39 is 0 Å². The first kappa shape index (κ1) is 9.86. The predicted molar refractivity (Wildman–Crippen MR) is 56.8 cm³/mol. The summed E-state index contributed by atoms with van der Waals surface area (Å²) < 4.78 is 0.